The Morgan fingerprint density at radius 1 is 1.00 bits per heavy atom. The quantitative estimate of drug-likeness (QED) is 0.342. The minimum atomic E-state index is 0.0448. The first-order chi connectivity index (χ1) is 15.5. The van der Waals surface area contributed by atoms with Crippen LogP contribution in [0.4, 0.5) is 0 Å². The number of carbonyl (C=O) groups is 1. The molecular weight excluding hydrogens is 398 g/mol. The molecule has 2 aromatic carbocycles. The van der Waals surface area contributed by atoms with Gasteiger partial charge in [-0.1, -0.05) is 44.5 Å². The number of nitrogens with one attached hydrogen (secondary N) is 1. The molecule has 0 spiro atoms. The minimum Gasteiger partial charge on any atom is -0.494 e. The van der Waals surface area contributed by atoms with E-state index in [1.54, 1.807) is 6.92 Å². The van der Waals surface area contributed by atoms with E-state index in [0.717, 1.165) is 75.3 Å². The van der Waals surface area contributed by atoms with Crippen LogP contribution in [0.25, 0.3) is 11.0 Å². The van der Waals surface area contributed by atoms with Crippen molar-refractivity contribution in [2.24, 2.45) is 0 Å². The Morgan fingerprint density at radius 2 is 1.78 bits per heavy atom. The number of amides is 1. The lowest BCUT2D eigenvalue weighted by Crippen LogP contribution is -2.20. The monoisotopic (exact) mass is 435 g/mol. The predicted octanol–water partition coefficient (Wildman–Crippen LogP) is 5.87. The van der Waals surface area contributed by atoms with E-state index in [1.165, 1.54) is 11.1 Å². The first kappa shape index (κ1) is 23.8. The molecule has 172 valence electrons. The van der Waals surface area contributed by atoms with Crippen molar-refractivity contribution in [3.8, 4) is 5.75 Å². The van der Waals surface area contributed by atoms with Gasteiger partial charge in [0.05, 0.1) is 17.6 Å². The summed E-state index contributed by atoms with van der Waals surface area (Å²) in [7, 11) is 0. The first-order valence-corrected chi connectivity index (χ1v) is 12.0. The van der Waals surface area contributed by atoms with Crippen LogP contribution in [0.1, 0.15) is 70.2 Å². The lowest BCUT2D eigenvalue weighted by molar-refractivity contribution is -0.118. The Bertz CT molecular complexity index is 976. The summed E-state index contributed by atoms with van der Waals surface area (Å²) in [6.45, 7) is 8.41. The number of imidazole rings is 1. The number of unbranched alkanes of at least 4 members (excludes halogenated alkanes) is 3. The van der Waals surface area contributed by atoms with Crippen molar-refractivity contribution >= 4 is 16.9 Å². The molecule has 0 aliphatic heterocycles. The van der Waals surface area contributed by atoms with Gasteiger partial charge in [0.15, 0.2) is 0 Å². The fourth-order valence-corrected chi connectivity index (χ4v) is 3.93. The molecular formula is C27H37N3O2. The van der Waals surface area contributed by atoms with Crippen LogP contribution in [-0.2, 0) is 17.8 Å². The third kappa shape index (κ3) is 7.11. The minimum absolute atomic E-state index is 0.0448. The highest BCUT2D eigenvalue weighted by atomic mass is 16.5. The van der Waals surface area contributed by atoms with E-state index in [2.05, 4.69) is 72.3 Å². The van der Waals surface area contributed by atoms with Crippen LogP contribution < -0.4 is 10.1 Å². The summed E-state index contributed by atoms with van der Waals surface area (Å²) >= 11 is 0. The molecule has 0 radical (unpaired) electrons. The van der Waals surface area contributed by atoms with E-state index < -0.39 is 0 Å². The summed E-state index contributed by atoms with van der Waals surface area (Å²) in [6, 6.07) is 16.8. The van der Waals surface area contributed by atoms with Gasteiger partial charge in [0.2, 0.25) is 5.91 Å². The molecule has 32 heavy (non-hydrogen) atoms. The van der Waals surface area contributed by atoms with Gasteiger partial charge in [-0.15, -0.1) is 0 Å². The number of nitrogens with zero attached hydrogens (tertiary/aromatic N) is 2. The fourth-order valence-electron chi connectivity index (χ4n) is 3.93. The van der Waals surface area contributed by atoms with E-state index in [9.17, 15) is 4.79 Å². The zero-order valence-electron chi connectivity index (χ0n) is 19.8. The van der Waals surface area contributed by atoms with Crippen molar-refractivity contribution in [2.75, 3.05) is 13.2 Å². The number of hydrogen-bond donors (Lipinski definition) is 1. The van der Waals surface area contributed by atoms with Crippen LogP contribution in [-0.4, -0.2) is 28.6 Å². The summed E-state index contributed by atoms with van der Waals surface area (Å²) in [5.41, 5.74) is 3.63. The van der Waals surface area contributed by atoms with Crippen LogP contribution in [0.3, 0.4) is 0 Å². The van der Waals surface area contributed by atoms with Crippen molar-refractivity contribution in [3.63, 3.8) is 0 Å². The average molecular weight is 436 g/mol. The van der Waals surface area contributed by atoms with Crippen LogP contribution in [0.5, 0.6) is 5.75 Å². The van der Waals surface area contributed by atoms with Crippen molar-refractivity contribution in [1.82, 2.24) is 14.9 Å². The zero-order chi connectivity index (χ0) is 22.8. The molecule has 0 atom stereocenters. The number of rotatable bonds is 13. The summed E-state index contributed by atoms with van der Waals surface area (Å²) in [5.74, 6) is 2.70. The Hall–Kier alpha value is -2.82. The number of aryl methyl sites for hydroxylation is 2. The molecule has 0 aliphatic carbocycles. The summed E-state index contributed by atoms with van der Waals surface area (Å²) in [5, 5.41) is 2.86. The number of carbonyl (C=O) groups excluding carboxylic acids is 1. The standard InChI is InChI=1S/C27H37N3O2/c1-21(2)23-14-16-24(17-15-23)32-20-10-9-19-30-26-12-7-6-11-25(26)29-27(30)13-5-4-8-18-28-22(3)31/h6-7,11-12,14-17,21H,4-5,8-10,13,18-20H2,1-3H3,(H,28,31). The van der Waals surface area contributed by atoms with Gasteiger partial charge in [-0.25, -0.2) is 4.98 Å². The largest absolute Gasteiger partial charge is 0.494 e. The Labute approximate surface area is 192 Å². The highest BCUT2D eigenvalue weighted by molar-refractivity contribution is 5.75. The lowest BCUT2D eigenvalue weighted by atomic mass is 10.0. The van der Waals surface area contributed by atoms with E-state index in [-0.39, 0.29) is 5.91 Å². The molecule has 1 heterocycles. The van der Waals surface area contributed by atoms with Crippen LogP contribution in [0.15, 0.2) is 48.5 Å². The van der Waals surface area contributed by atoms with Gasteiger partial charge in [-0.3, -0.25) is 4.79 Å². The smallest absolute Gasteiger partial charge is 0.216 e. The molecule has 1 aromatic heterocycles. The average Bonchev–Trinajstić information content (AvgIpc) is 3.13. The van der Waals surface area contributed by atoms with Crippen LogP contribution in [0.2, 0.25) is 0 Å². The molecule has 1 N–H and O–H groups in total. The number of para-hydroxylation sites is 2. The second-order valence-electron chi connectivity index (χ2n) is 8.74. The second-order valence-corrected chi connectivity index (χ2v) is 8.74. The van der Waals surface area contributed by atoms with Crippen molar-refractivity contribution < 1.29 is 9.53 Å². The molecule has 5 nitrogen and oxygen atoms in total. The molecule has 1 amide bonds. The van der Waals surface area contributed by atoms with Crippen molar-refractivity contribution in [2.45, 2.75) is 71.8 Å². The van der Waals surface area contributed by atoms with Gasteiger partial charge in [-0.05, 0) is 61.4 Å². The van der Waals surface area contributed by atoms with E-state index in [0.29, 0.717) is 5.92 Å². The van der Waals surface area contributed by atoms with E-state index in [4.69, 9.17) is 9.72 Å². The number of fused-ring (bicyclic) bond motifs is 1. The maximum absolute atomic E-state index is 11.0. The van der Waals surface area contributed by atoms with E-state index >= 15 is 0 Å². The van der Waals surface area contributed by atoms with Gasteiger partial charge < -0.3 is 14.6 Å². The topological polar surface area (TPSA) is 56.2 Å². The SMILES string of the molecule is CC(=O)NCCCCCc1nc2ccccc2n1CCCCOc1ccc(C(C)C)cc1. The maximum Gasteiger partial charge on any atom is 0.216 e. The normalized spacial score (nSPS) is 11.2. The summed E-state index contributed by atoms with van der Waals surface area (Å²) in [4.78, 5) is 15.9. The Kier molecular flexibility index (Phi) is 9.14. The molecule has 0 saturated heterocycles. The first-order valence-electron chi connectivity index (χ1n) is 12.0. The number of hydrogen-bond acceptors (Lipinski definition) is 3. The molecule has 0 bridgehead atoms. The molecule has 0 saturated carbocycles. The van der Waals surface area contributed by atoms with Gasteiger partial charge in [0.1, 0.15) is 11.6 Å². The predicted molar refractivity (Wildman–Crippen MR) is 131 cm³/mol. The summed E-state index contributed by atoms with van der Waals surface area (Å²) in [6.07, 6.45) is 6.21. The molecule has 3 aromatic rings. The Balaban J connectivity index is 1.47. The van der Waals surface area contributed by atoms with Gasteiger partial charge in [0.25, 0.3) is 0 Å². The van der Waals surface area contributed by atoms with Crippen LogP contribution in [0, 0.1) is 0 Å². The number of benzene rings is 2. The zero-order valence-corrected chi connectivity index (χ0v) is 19.8. The summed E-state index contributed by atoms with van der Waals surface area (Å²) < 4.78 is 8.32. The van der Waals surface area contributed by atoms with Gasteiger partial charge in [-0.2, -0.15) is 0 Å². The highest BCUT2D eigenvalue weighted by Crippen LogP contribution is 2.20. The second kappa shape index (κ2) is 12.3. The third-order valence-corrected chi connectivity index (χ3v) is 5.78. The lowest BCUT2D eigenvalue weighted by Gasteiger charge is -2.11. The molecule has 3 rings (SSSR count). The van der Waals surface area contributed by atoms with Gasteiger partial charge >= 0.3 is 0 Å². The molecule has 0 unspecified atom stereocenters. The molecule has 5 heteroatoms. The van der Waals surface area contributed by atoms with Crippen molar-refractivity contribution in [3.05, 3.63) is 59.9 Å². The highest BCUT2D eigenvalue weighted by Gasteiger charge is 2.10. The number of aromatic nitrogens is 2. The maximum atomic E-state index is 11.0. The molecule has 0 fully saturated rings. The Morgan fingerprint density at radius 3 is 2.53 bits per heavy atom. The molecule has 0 aliphatic rings. The van der Waals surface area contributed by atoms with E-state index in [1.807, 2.05) is 0 Å². The fraction of sp³-hybridized carbons (Fsp3) is 0.481. The number of ether oxygens (including phenoxy) is 1. The van der Waals surface area contributed by atoms with Crippen LogP contribution >= 0.6 is 0 Å². The van der Waals surface area contributed by atoms with Crippen molar-refractivity contribution in [1.29, 1.82) is 0 Å². The third-order valence-electron chi connectivity index (χ3n) is 5.78. The van der Waals surface area contributed by atoms with Gasteiger partial charge in [0, 0.05) is 26.4 Å².